The average molecular weight is 417 g/mol. The molecule has 0 saturated carbocycles. The summed E-state index contributed by atoms with van der Waals surface area (Å²) in [4.78, 5) is 45.7. The minimum Gasteiger partial charge on any atom is -0.456 e. The van der Waals surface area contributed by atoms with Crippen molar-refractivity contribution in [2.24, 2.45) is 0 Å². The summed E-state index contributed by atoms with van der Waals surface area (Å²) in [7, 11) is 0. The topological polar surface area (TPSA) is 134 Å². The lowest BCUT2D eigenvalue weighted by atomic mass is 10.2. The number of non-ortho nitro benzene ring substituents is 1. The van der Waals surface area contributed by atoms with Gasteiger partial charge in [-0.2, -0.15) is 0 Å². The number of hydrogen-bond acceptors (Lipinski definition) is 7. The highest BCUT2D eigenvalue weighted by Crippen LogP contribution is 2.20. The van der Waals surface area contributed by atoms with Crippen LogP contribution < -0.4 is 11.1 Å². The van der Waals surface area contributed by atoms with Crippen LogP contribution in [-0.2, 0) is 20.9 Å². The molecular formula is C19H16FN3O7. The molecule has 1 heterocycles. The molecule has 0 unspecified atom stereocenters. The molecule has 0 fully saturated rings. The van der Waals surface area contributed by atoms with Crippen LogP contribution in [0.1, 0.15) is 12.8 Å². The van der Waals surface area contributed by atoms with E-state index in [1.807, 2.05) is 0 Å². The molecule has 1 amide bonds. The third-order valence-electron chi connectivity index (χ3n) is 4.12. The van der Waals surface area contributed by atoms with Crippen LogP contribution in [0.5, 0.6) is 0 Å². The van der Waals surface area contributed by atoms with Gasteiger partial charge in [0.15, 0.2) is 12.2 Å². The molecule has 3 rings (SSSR count). The SMILES string of the molecule is O=C(COC(=O)CCCn1c(=O)oc2cc([N+](=O)[O-])ccc21)Nc1ccc(F)cc1. The summed E-state index contributed by atoms with van der Waals surface area (Å²) < 4.78 is 23.9. The quantitative estimate of drug-likeness (QED) is 0.338. The number of nitrogens with zero attached hydrogens (tertiary/aromatic N) is 2. The van der Waals surface area contributed by atoms with E-state index in [9.17, 15) is 28.9 Å². The van der Waals surface area contributed by atoms with Gasteiger partial charge >= 0.3 is 11.7 Å². The van der Waals surface area contributed by atoms with Crippen molar-refractivity contribution in [3.05, 3.63) is 68.9 Å². The molecule has 0 aliphatic heterocycles. The summed E-state index contributed by atoms with van der Waals surface area (Å²) in [5.41, 5.74) is 0.613. The largest absolute Gasteiger partial charge is 0.456 e. The predicted octanol–water partition coefficient (Wildman–Crippen LogP) is 2.60. The Kier molecular flexibility index (Phi) is 6.20. The molecule has 10 nitrogen and oxygen atoms in total. The number of hydrogen-bond donors (Lipinski definition) is 1. The maximum Gasteiger partial charge on any atom is 0.419 e. The first-order valence-electron chi connectivity index (χ1n) is 8.82. The van der Waals surface area contributed by atoms with Crippen molar-refractivity contribution in [2.75, 3.05) is 11.9 Å². The van der Waals surface area contributed by atoms with Crippen molar-refractivity contribution in [1.82, 2.24) is 4.57 Å². The predicted molar refractivity (Wildman–Crippen MR) is 102 cm³/mol. The van der Waals surface area contributed by atoms with E-state index in [4.69, 9.17) is 9.15 Å². The fourth-order valence-corrected chi connectivity index (χ4v) is 2.71. The first-order valence-corrected chi connectivity index (χ1v) is 8.82. The van der Waals surface area contributed by atoms with Gasteiger partial charge in [-0.3, -0.25) is 24.3 Å². The van der Waals surface area contributed by atoms with Crippen LogP contribution in [0, 0.1) is 15.9 Å². The van der Waals surface area contributed by atoms with E-state index in [0.29, 0.717) is 11.2 Å². The van der Waals surface area contributed by atoms with Crippen LogP contribution in [-0.4, -0.2) is 28.0 Å². The maximum absolute atomic E-state index is 12.8. The number of nitro benzene ring substituents is 1. The minimum atomic E-state index is -0.697. The lowest BCUT2D eigenvalue weighted by Gasteiger charge is -2.07. The first-order chi connectivity index (χ1) is 14.3. The number of benzene rings is 2. The number of fused-ring (bicyclic) bond motifs is 1. The molecule has 0 spiro atoms. The van der Waals surface area contributed by atoms with Crippen LogP contribution in [0.2, 0.25) is 0 Å². The Morgan fingerprint density at radius 2 is 1.93 bits per heavy atom. The second kappa shape index (κ2) is 8.99. The molecule has 0 radical (unpaired) electrons. The highest BCUT2D eigenvalue weighted by Gasteiger charge is 2.15. The monoisotopic (exact) mass is 417 g/mol. The number of halogens is 1. The van der Waals surface area contributed by atoms with E-state index in [-0.39, 0.29) is 30.7 Å². The van der Waals surface area contributed by atoms with Gasteiger partial charge in [-0.05, 0) is 36.8 Å². The Balaban J connectivity index is 1.48. The van der Waals surface area contributed by atoms with E-state index >= 15 is 0 Å². The fourth-order valence-electron chi connectivity index (χ4n) is 2.71. The van der Waals surface area contributed by atoms with Crippen molar-refractivity contribution >= 4 is 34.4 Å². The molecule has 1 N–H and O–H groups in total. The summed E-state index contributed by atoms with van der Waals surface area (Å²) in [6, 6.07) is 8.91. The van der Waals surface area contributed by atoms with Crippen LogP contribution in [0.15, 0.2) is 51.7 Å². The molecule has 0 aliphatic rings. The lowest BCUT2D eigenvalue weighted by Crippen LogP contribution is -2.21. The van der Waals surface area contributed by atoms with Crippen LogP contribution in [0.3, 0.4) is 0 Å². The number of carbonyl (C=O) groups is 2. The molecule has 2 aromatic carbocycles. The van der Waals surface area contributed by atoms with Gasteiger partial charge in [0, 0.05) is 24.7 Å². The molecule has 11 heteroatoms. The average Bonchev–Trinajstić information content (AvgIpc) is 3.02. The number of nitro groups is 1. The minimum absolute atomic E-state index is 0.0596. The van der Waals surface area contributed by atoms with Crippen molar-refractivity contribution in [1.29, 1.82) is 0 Å². The maximum atomic E-state index is 12.8. The first kappa shape index (κ1) is 20.7. The molecule has 0 saturated heterocycles. The van der Waals surface area contributed by atoms with Crippen molar-refractivity contribution < 1.29 is 28.1 Å². The van der Waals surface area contributed by atoms with Gasteiger partial charge in [-0.1, -0.05) is 0 Å². The molecule has 0 bridgehead atoms. The standard InChI is InChI=1S/C19H16FN3O7/c20-12-3-5-13(6-4-12)21-17(24)11-29-18(25)2-1-9-22-15-8-7-14(23(27)28)10-16(15)30-19(22)26/h3-8,10H,1-2,9,11H2,(H,21,24). The van der Waals surface area contributed by atoms with E-state index in [1.165, 1.54) is 41.0 Å². The summed E-state index contributed by atoms with van der Waals surface area (Å²) in [6.45, 7) is -0.380. The molecule has 3 aromatic rings. The number of aromatic nitrogens is 1. The second-order valence-electron chi connectivity index (χ2n) is 6.25. The van der Waals surface area contributed by atoms with Crippen molar-refractivity contribution in [3.8, 4) is 0 Å². The molecule has 0 aliphatic carbocycles. The third kappa shape index (κ3) is 5.07. The number of aryl methyl sites for hydroxylation is 1. The Bertz CT molecular complexity index is 1150. The summed E-state index contributed by atoms with van der Waals surface area (Å²) in [5.74, 6) is -2.35. The van der Waals surface area contributed by atoms with Gasteiger partial charge in [0.1, 0.15) is 5.82 Å². The van der Waals surface area contributed by atoms with Gasteiger partial charge in [0.25, 0.3) is 11.6 Å². The van der Waals surface area contributed by atoms with Gasteiger partial charge in [-0.15, -0.1) is 0 Å². The lowest BCUT2D eigenvalue weighted by molar-refractivity contribution is -0.384. The van der Waals surface area contributed by atoms with Crippen LogP contribution in [0.25, 0.3) is 11.1 Å². The molecule has 1 aromatic heterocycles. The zero-order chi connectivity index (χ0) is 21.7. The summed E-state index contributed by atoms with van der Waals surface area (Å²) in [5, 5.41) is 13.2. The van der Waals surface area contributed by atoms with Gasteiger partial charge < -0.3 is 14.5 Å². The van der Waals surface area contributed by atoms with Crippen LogP contribution in [0.4, 0.5) is 15.8 Å². The second-order valence-corrected chi connectivity index (χ2v) is 6.25. The van der Waals surface area contributed by atoms with Gasteiger partial charge in [0.05, 0.1) is 16.5 Å². The number of anilines is 1. The molecule has 156 valence electrons. The molecule has 0 atom stereocenters. The van der Waals surface area contributed by atoms with E-state index in [1.54, 1.807) is 0 Å². The Morgan fingerprint density at radius 3 is 2.63 bits per heavy atom. The highest BCUT2D eigenvalue weighted by atomic mass is 19.1. The Labute approximate surface area is 168 Å². The normalized spacial score (nSPS) is 10.7. The number of nitrogens with one attached hydrogen (secondary N) is 1. The Morgan fingerprint density at radius 1 is 1.20 bits per heavy atom. The Hall–Kier alpha value is -4.02. The van der Waals surface area contributed by atoms with Crippen LogP contribution >= 0.6 is 0 Å². The number of carbonyl (C=O) groups excluding carboxylic acids is 2. The molecular weight excluding hydrogens is 401 g/mol. The number of rotatable bonds is 8. The van der Waals surface area contributed by atoms with E-state index < -0.39 is 35.0 Å². The summed E-state index contributed by atoms with van der Waals surface area (Å²) >= 11 is 0. The molecule has 30 heavy (non-hydrogen) atoms. The van der Waals surface area contributed by atoms with Crippen molar-refractivity contribution in [2.45, 2.75) is 19.4 Å². The summed E-state index contributed by atoms with van der Waals surface area (Å²) in [6.07, 6.45) is 0.167. The number of ether oxygens (including phenoxy) is 1. The number of esters is 1. The van der Waals surface area contributed by atoms with Gasteiger partial charge in [-0.25, -0.2) is 9.18 Å². The third-order valence-corrected chi connectivity index (χ3v) is 4.12. The van der Waals surface area contributed by atoms with E-state index in [2.05, 4.69) is 5.32 Å². The highest BCUT2D eigenvalue weighted by molar-refractivity contribution is 5.92. The fraction of sp³-hybridized carbons (Fsp3) is 0.211. The van der Waals surface area contributed by atoms with E-state index in [0.717, 1.165) is 6.07 Å². The van der Waals surface area contributed by atoms with Gasteiger partial charge in [0.2, 0.25) is 0 Å². The number of oxazole rings is 1. The number of amides is 1. The smallest absolute Gasteiger partial charge is 0.419 e. The zero-order valence-corrected chi connectivity index (χ0v) is 15.5. The van der Waals surface area contributed by atoms with Crippen molar-refractivity contribution in [3.63, 3.8) is 0 Å². The zero-order valence-electron chi connectivity index (χ0n) is 15.5.